The van der Waals surface area contributed by atoms with E-state index < -0.39 is 12.1 Å². The van der Waals surface area contributed by atoms with Crippen LogP contribution in [0.5, 0.6) is 0 Å². The minimum Gasteiger partial charge on any atom is -0.466 e. The molecule has 6 heteroatoms. The molecular weight excluding hydrogens is 839 g/mol. The van der Waals surface area contributed by atoms with Gasteiger partial charge in [-0.15, -0.1) is 0 Å². The molecule has 404 valence electrons. The number of allylic oxidation sites excluding steroid dienone is 2. The van der Waals surface area contributed by atoms with Crippen LogP contribution in [-0.4, -0.2) is 47.4 Å². The molecule has 0 saturated carbocycles. The van der Waals surface area contributed by atoms with Gasteiger partial charge in [0.25, 0.3) is 0 Å². The summed E-state index contributed by atoms with van der Waals surface area (Å²) in [5.41, 5.74) is 0. The standard InChI is InChI=1S/C62H121NO5/c1-3-5-7-9-11-13-15-36-40-44-48-52-56-62(67)68-57-53-49-45-41-37-34-32-30-28-26-24-22-20-18-16-17-19-21-23-25-27-29-31-33-35-39-43-47-51-55-61(66)63-59(58-64)60(65)54-50-46-42-38-14-12-10-8-6-4-2/h11,13,59-60,64-65H,3-10,12,14-58H2,1-2H3,(H,63,66)/b13-11-. The second-order valence-corrected chi connectivity index (χ2v) is 21.4. The number of unbranched alkanes of at least 4 members (excludes halogenated alkanes) is 45. The van der Waals surface area contributed by atoms with Crippen molar-refractivity contribution in [3.63, 3.8) is 0 Å². The normalized spacial score (nSPS) is 12.6. The van der Waals surface area contributed by atoms with Crippen LogP contribution in [0.3, 0.4) is 0 Å². The highest BCUT2D eigenvalue weighted by molar-refractivity contribution is 5.76. The fourth-order valence-corrected chi connectivity index (χ4v) is 9.81. The van der Waals surface area contributed by atoms with Crippen LogP contribution >= 0.6 is 0 Å². The van der Waals surface area contributed by atoms with Crippen molar-refractivity contribution in [2.24, 2.45) is 0 Å². The van der Waals surface area contributed by atoms with Crippen LogP contribution in [0.1, 0.15) is 348 Å². The molecule has 1 amide bonds. The quantitative estimate of drug-likeness (QED) is 0.0321. The zero-order valence-electron chi connectivity index (χ0n) is 46.1. The van der Waals surface area contributed by atoms with Gasteiger partial charge in [-0.3, -0.25) is 9.59 Å². The molecule has 0 aliphatic heterocycles. The van der Waals surface area contributed by atoms with Gasteiger partial charge in [0.15, 0.2) is 0 Å². The van der Waals surface area contributed by atoms with E-state index in [-0.39, 0.29) is 18.5 Å². The second-order valence-electron chi connectivity index (χ2n) is 21.4. The monoisotopic (exact) mass is 960 g/mol. The summed E-state index contributed by atoms with van der Waals surface area (Å²) in [5, 5.41) is 23.2. The highest BCUT2D eigenvalue weighted by Crippen LogP contribution is 2.18. The van der Waals surface area contributed by atoms with Gasteiger partial charge in [-0.05, 0) is 51.4 Å². The van der Waals surface area contributed by atoms with Crippen LogP contribution in [0.25, 0.3) is 0 Å². The highest BCUT2D eigenvalue weighted by atomic mass is 16.5. The van der Waals surface area contributed by atoms with Crippen molar-refractivity contribution in [3.05, 3.63) is 12.2 Å². The van der Waals surface area contributed by atoms with Gasteiger partial charge in [0.05, 0.1) is 25.4 Å². The van der Waals surface area contributed by atoms with Gasteiger partial charge in [0.1, 0.15) is 0 Å². The number of esters is 1. The molecule has 0 aromatic rings. The van der Waals surface area contributed by atoms with E-state index >= 15 is 0 Å². The minimum atomic E-state index is -0.659. The SMILES string of the molecule is CCCCC/C=C\CCCCCCCC(=O)OCCCCCCCCCCCCCCCCCCCCCCCCCCCCCCCC(=O)NC(CO)C(O)CCCCCCCCCCCC. The van der Waals surface area contributed by atoms with Gasteiger partial charge < -0.3 is 20.3 Å². The van der Waals surface area contributed by atoms with E-state index in [2.05, 4.69) is 31.3 Å². The predicted octanol–water partition coefficient (Wildman–Crippen LogP) is 19.2. The number of hydrogen-bond donors (Lipinski definition) is 3. The Morgan fingerprint density at radius 2 is 0.691 bits per heavy atom. The topological polar surface area (TPSA) is 95.9 Å². The molecule has 3 N–H and O–H groups in total. The van der Waals surface area contributed by atoms with E-state index in [0.717, 1.165) is 44.9 Å². The lowest BCUT2D eigenvalue weighted by Crippen LogP contribution is -2.45. The molecule has 6 nitrogen and oxygen atoms in total. The maximum absolute atomic E-state index is 12.4. The highest BCUT2D eigenvalue weighted by Gasteiger charge is 2.20. The van der Waals surface area contributed by atoms with Crippen molar-refractivity contribution in [3.8, 4) is 0 Å². The van der Waals surface area contributed by atoms with E-state index in [1.807, 2.05) is 0 Å². The number of hydrogen-bond acceptors (Lipinski definition) is 5. The van der Waals surface area contributed by atoms with Crippen LogP contribution in [0.4, 0.5) is 0 Å². The van der Waals surface area contributed by atoms with Gasteiger partial charge in [0, 0.05) is 12.8 Å². The number of amides is 1. The number of ether oxygens (including phenoxy) is 1. The Hall–Kier alpha value is -1.40. The van der Waals surface area contributed by atoms with E-state index in [4.69, 9.17) is 4.74 Å². The molecule has 0 bridgehead atoms. The minimum absolute atomic E-state index is 0.00965. The summed E-state index contributed by atoms with van der Waals surface area (Å²) in [5.74, 6) is -0.0219. The summed E-state index contributed by atoms with van der Waals surface area (Å²) in [4.78, 5) is 24.4. The van der Waals surface area contributed by atoms with Crippen molar-refractivity contribution in [2.75, 3.05) is 13.2 Å². The van der Waals surface area contributed by atoms with Gasteiger partial charge in [-0.25, -0.2) is 0 Å². The molecule has 0 aromatic carbocycles. The zero-order chi connectivity index (χ0) is 49.3. The third kappa shape index (κ3) is 53.9. The zero-order valence-corrected chi connectivity index (χ0v) is 46.1. The summed E-state index contributed by atoms with van der Waals surface area (Å²) < 4.78 is 5.47. The lowest BCUT2D eigenvalue weighted by atomic mass is 10.0. The fourth-order valence-electron chi connectivity index (χ4n) is 9.81. The summed E-state index contributed by atoms with van der Waals surface area (Å²) in [6, 6.07) is -0.536. The number of aliphatic hydroxyl groups is 2. The maximum Gasteiger partial charge on any atom is 0.305 e. The van der Waals surface area contributed by atoms with Crippen LogP contribution < -0.4 is 5.32 Å². The average molecular weight is 961 g/mol. The molecule has 0 radical (unpaired) electrons. The summed E-state index contributed by atoms with van der Waals surface area (Å²) in [6.07, 6.45) is 69.6. The second kappa shape index (κ2) is 58.2. The van der Waals surface area contributed by atoms with Gasteiger partial charge in [-0.2, -0.15) is 0 Å². The first kappa shape index (κ1) is 66.6. The molecule has 68 heavy (non-hydrogen) atoms. The van der Waals surface area contributed by atoms with Crippen LogP contribution in [0, 0.1) is 0 Å². The molecule has 2 unspecified atom stereocenters. The fraction of sp³-hybridized carbons (Fsp3) is 0.935. The number of carbonyl (C=O) groups is 2. The Labute approximate surface area is 425 Å². The Morgan fingerprint density at radius 3 is 1.07 bits per heavy atom. The van der Waals surface area contributed by atoms with E-state index in [9.17, 15) is 19.8 Å². The van der Waals surface area contributed by atoms with Crippen LogP contribution in [0.15, 0.2) is 12.2 Å². The van der Waals surface area contributed by atoms with Crippen molar-refractivity contribution in [1.29, 1.82) is 0 Å². The molecule has 0 rings (SSSR count). The summed E-state index contributed by atoms with van der Waals surface area (Å²) in [7, 11) is 0. The lowest BCUT2D eigenvalue weighted by Gasteiger charge is -2.22. The average Bonchev–Trinajstić information content (AvgIpc) is 3.34. The third-order valence-electron chi connectivity index (χ3n) is 14.6. The van der Waals surface area contributed by atoms with E-state index in [1.165, 1.54) is 270 Å². The first-order valence-electron chi connectivity index (χ1n) is 30.9. The Balaban J connectivity index is 3.30. The molecule has 0 aliphatic rings. The molecular formula is C62H121NO5. The van der Waals surface area contributed by atoms with E-state index in [0.29, 0.717) is 25.9 Å². The van der Waals surface area contributed by atoms with Crippen molar-refractivity contribution in [1.82, 2.24) is 5.32 Å². The number of carbonyl (C=O) groups excluding carboxylic acids is 2. The largest absolute Gasteiger partial charge is 0.466 e. The number of rotatable bonds is 58. The van der Waals surface area contributed by atoms with Gasteiger partial charge >= 0.3 is 5.97 Å². The van der Waals surface area contributed by atoms with E-state index in [1.54, 1.807) is 0 Å². The van der Waals surface area contributed by atoms with Gasteiger partial charge in [0.2, 0.25) is 5.91 Å². The molecule has 0 heterocycles. The smallest absolute Gasteiger partial charge is 0.305 e. The molecule has 0 aromatic heterocycles. The molecule has 2 atom stereocenters. The van der Waals surface area contributed by atoms with Crippen LogP contribution in [0.2, 0.25) is 0 Å². The molecule has 0 aliphatic carbocycles. The molecule has 0 spiro atoms. The van der Waals surface area contributed by atoms with Crippen molar-refractivity contribution >= 4 is 11.9 Å². The van der Waals surface area contributed by atoms with Gasteiger partial charge in [-0.1, -0.05) is 296 Å². The Bertz CT molecular complexity index is 1020. The first-order chi connectivity index (χ1) is 33.5. The maximum atomic E-state index is 12.4. The van der Waals surface area contributed by atoms with Crippen molar-refractivity contribution in [2.45, 2.75) is 360 Å². The molecule has 0 saturated heterocycles. The predicted molar refractivity (Wildman–Crippen MR) is 297 cm³/mol. The first-order valence-corrected chi connectivity index (χ1v) is 30.9. The Morgan fingerprint density at radius 1 is 0.397 bits per heavy atom. The lowest BCUT2D eigenvalue weighted by molar-refractivity contribution is -0.143. The Kier molecular flexibility index (Phi) is 57.0. The number of aliphatic hydroxyl groups excluding tert-OH is 2. The van der Waals surface area contributed by atoms with Crippen LogP contribution in [-0.2, 0) is 14.3 Å². The number of nitrogens with one attached hydrogen (secondary N) is 1. The third-order valence-corrected chi connectivity index (χ3v) is 14.6. The van der Waals surface area contributed by atoms with Crippen molar-refractivity contribution < 1.29 is 24.5 Å². The molecule has 0 fully saturated rings. The summed E-state index contributed by atoms with van der Waals surface area (Å²) in [6.45, 7) is 4.93. The summed E-state index contributed by atoms with van der Waals surface area (Å²) >= 11 is 0.